The van der Waals surface area contributed by atoms with Crippen molar-refractivity contribution in [2.45, 2.75) is 6.92 Å². The van der Waals surface area contributed by atoms with Crippen molar-refractivity contribution < 1.29 is 4.79 Å². The molecule has 1 rings (SSSR count). The van der Waals surface area contributed by atoms with E-state index < -0.39 is 5.91 Å². The molecular formula is C10H9N3O. The van der Waals surface area contributed by atoms with Crippen LogP contribution in [0.1, 0.15) is 11.1 Å². The third-order valence-corrected chi connectivity index (χ3v) is 1.74. The SMILES string of the molecule is Cc1ccccc1/C=C/C(=O)N=[N+]=[N-]. The maximum Gasteiger partial charge on any atom is 0.242 e. The molecular weight excluding hydrogens is 178 g/mol. The van der Waals surface area contributed by atoms with Gasteiger partial charge in [-0.1, -0.05) is 30.3 Å². The van der Waals surface area contributed by atoms with Crippen molar-refractivity contribution >= 4 is 12.0 Å². The predicted octanol–water partition coefficient (Wildman–Crippen LogP) is 2.85. The van der Waals surface area contributed by atoms with E-state index in [1.165, 1.54) is 6.08 Å². The van der Waals surface area contributed by atoms with Gasteiger partial charge in [0.1, 0.15) is 0 Å². The lowest BCUT2D eigenvalue weighted by molar-refractivity contribution is -0.113. The summed E-state index contributed by atoms with van der Waals surface area (Å²) < 4.78 is 0. The van der Waals surface area contributed by atoms with E-state index in [1.54, 1.807) is 6.08 Å². The van der Waals surface area contributed by atoms with Crippen LogP contribution >= 0.6 is 0 Å². The summed E-state index contributed by atoms with van der Waals surface area (Å²) in [6, 6.07) is 7.62. The molecule has 0 spiro atoms. The van der Waals surface area contributed by atoms with Gasteiger partial charge < -0.3 is 0 Å². The lowest BCUT2D eigenvalue weighted by Crippen LogP contribution is -1.84. The van der Waals surface area contributed by atoms with Crippen molar-refractivity contribution in [2.24, 2.45) is 5.11 Å². The maximum absolute atomic E-state index is 10.8. The van der Waals surface area contributed by atoms with Gasteiger partial charge in [0.05, 0.1) is 0 Å². The average molecular weight is 187 g/mol. The number of carbonyl (C=O) groups is 1. The summed E-state index contributed by atoms with van der Waals surface area (Å²) >= 11 is 0. The fraction of sp³-hybridized carbons (Fsp3) is 0.100. The molecule has 0 unspecified atom stereocenters. The summed E-state index contributed by atoms with van der Waals surface area (Å²) in [7, 11) is 0. The van der Waals surface area contributed by atoms with E-state index in [4.69, 9.17) is 5.53 Å². The number of amides is 1. The Morgan fingerprint density at radius 1 is 1.50 bits per heavy atom. The number of azide groups is 1. The topological polar surface area (TPSA) is 65.8 Å². The van der Waals surface area contributed by atoms with Gasteiger partial charge in [0.2, 0.25) is 5.91 Å². The second-order valence-corrected chi connectivity index (χ2v) is 2.72. The minimum atomic E-state index is -0.587. The van der Waals surface area contributed by atoms with E-state index in [0.717, 1.165) is 11.1 Å². The normalized spacial score (nSPS) is 9.79. The first-order valence-corrected chi connectivity index (χ1v) is 4.07. The van der Waals surface area contributed by atoms with Crippen LogP contribution < -0.4 is 0 Å². The average Bonchev–Trinajstić information content (AvgIpc) is 2.17. The van der Waals surface area contributed by atoms with Gasteiger partial charge >= 0.3 is 0 Å². The first-order valence-electron chi connectivity index (χ1n) is 4.07. The number of hydrogen-bond donors (Lipinski definition) is 0. The van der Waals surface area contributed by atoms with Crippen molar-refractivity contribution in [3.05, 3.63) is 51.9 Å². The fourth-order valence-electron chi connectivity index (χ4n) is 1.01. The molecule has 70 valence electrons. The van der Waals surface area contributed by atoms with Crippen LogP contribution in [0.25, 0.3) is 16.5 Å². The quantitative estimate of drug-likeness (QED) is 0.304. The van der Waals surface area contributed by atoms with E-state index in [2.05, 4.69) is 10.0 Å². The van der Waals surface area contributed by atoms with Gasteiger partial charge in [0.15, 0.2) is 0 Å². The molecule has 4 heteroatoms. The lowest BCUT2D eigenvalue weighted by atomic mass is 10.1. The molecule has 0 bridgehead atoms. The van der Waals surface area contributed by atoms with Gasteiger partial charge in [-0.2, -0.15) is 0 Å². The van der Waals surface area contributed by atoms with Crippen molar-refractivity contribution in [3.63, 3.8) is 0 Å². The molecule has 1 amide bonds. The lowest BCUT2D eigenvalue weighted by Gasteiger charge is -1.96. The fourth-order valence-corrected chi connectivity index (χ4v) is 1.01. The highest BCUT2D eigenvalue weighted by Crippen LogP contribution is 2.08. The van der Waals surface area contributed by atoms with Gasteiger partial charge in [0, 0.05) is 4.91 Å². The molecule has 1 aromatic carbocycles. The molecule has 0 saturated heterocycles. The van der Waals surface area contributed by atoms with Crippen molar-refractivity contribution in [3.8, 4) is 0 Å². The molecule has 14 heavy (non-hydrogen) atoms. The summed E-state index contributed by atoms with van der Waals surface area (Å²) in [5.74, 6) is -0.587. The number of carbonyl (C=O) groups excluding carboxylic acids is 1. The van der Waals surface area contributed by atoms with Crippen molar-refractivity contribution in [1.82, 2.24) is 0 Å². The Labute approximate surface area is 81.5 Å². The third kappa shape index (κ3) is 2.77. The number of benzene rings is 1. The Hall–Kier alpha value is -2.06. The van der Waals surface area contributed by atoms with E-state index in [1.807, 2.05) is 31.2 Å². The molecule has 1 aromatic rings. The molecule has 0 aliphatic rings. The molecule has 0 atom stereocenters. The summed E-state index contributed by atoms with van der Waals surface area (Å²) in [6.07, 6.45) is 2.88. The molecule has 0 radical (unpaired) electrons. The van der Waals surface area contributed by atoms with Crippen LogP contribution in [0.15, 0.2) is 35.5 Å². The first kappa shape index (κ1) is 10.0. The van der Waals surface area contributed by atoms with Gasteiger partial charge in [-0.3, -0.25) is 4.79 Å². The zero-order chi connectivity index (χ0) is 10.4. The number of hydrogen-bond acceptors (Lipinski definition) is 1. The van der Waals surface area contributed by atoms with Crippen molar-refractivity contribution in [1.29, 1.82) is 0 Å². The minimum absolute atomic E-state index is 0.587. The zero-order valence-corrected chi connectivity index (χ0v) is 7.71. The van der Waals surface area contributed by atoms with Gasteiger partial charge in [-0.15, -0.1) is 0 Å². The highest BCUT2D eigenvalue weighted by Gasteiger charge is 1.92. The summed E-state index contributed by atoms with van der Waals surface area (Å²) in [5.41, 5.74) is 10.00. The van der Waals surface area contributed by atoms with Crippen molar-refractivity contribution in [2.75, 3.05) is 0 Å². The van der Waals surface area contributed by atoms with Crippen LogP contribution in [0.2, 0.25) is 0 Å². The molecule has 0 N–H and O–H groups in total. The molecule has 0 aliphatic heterocycles. The smallest absolute Gasteiger partial charge is 0.242 e. The van der Waals surface area contributed by atoms with E-state index in [0.29, 0.717) is 0 Å². The Kier molecular flexibility index (Phi) is 3.47. The van der Waals surface area contributed by atoms with Gasteiger partial charge in [0.25, 0.3) is 0 Å². The zero-order valence-electron chi connectivity index (χ0n) is 7.71. The van der Waals surface area contributed by atoms with E-state index in [9.17, 15) is 4.79 Å². The molecule has 0 aliphatic carbocycles. The largest absolute Gasteiger partial charge is 0.288 e. The highest BCUT2D eigenvalue weighted by atomic mass is 16.1. The third-order valence-electron chi connectivity index (χ3n) is 1.74. The molecule has 0 saturated carbocycles. The molecule has 4 nitrogen and oxygen atoms in total. The van der Waals surface area contributed by atoms with Crippen LogP contribution in [0.5, 0.6) is 0 Å². The van der Waals surface area contributed by atoms with Crippen LogP contribution in [-0.2, 0) is 4.79 Å². The summed E-state index contributed by atoms with van der Waals surface area (Å²) in [5, 5.41) is 2.92. The van der Waals surface area contributed by atoms with Gasteiger partial charge in [-0.25, -0.2) is 0 Å². The standard InChI is InChI=1S/C10H9N3O/c1-8-4-2-3-5-9(8)6-7-10(14)12-13-11/h2-7H,1H3/b7-6+. The Balaban J connectivity index is 2.83. The Bertz CT molecular complexity index is 417. The van der Waals surface area contributed by atoms with Gasteiger partial charge in [-0.05, 0) is 34.8 Å². The highest BCUT2D eigenvalue weighted by molar-refractivity contribution is 5.92. The van der Waals surface area contributed by atoms with Crippen LogP contribution in [-0.4, -0.2) is 5.91 Å². The second-order valence-electron chi connectivity index (χ2n) is 2.72. The van der Waals surface area contributed by atoms with Crippen LogP contribution in [0.3, 0.4) is 0 Å². The molecule has 0 fully saturated rings. The summed E-state index contributed by atoms with van der Waals surface area (Å²) in [6.45, 7) is 1.94. The Morgan fingerprint density at radius 3 is 2.86 bits per heavy atom. The summed E-state index contributed by atoms with van der Waals surface area (Å²) in [4.78, 5) is 13.2. The monoisotopic (exact) mass is 187 g/mol. The van der Waals surface area contributed by atoms with E-state index >= 15 is 0 Å². The Morgan fingerprint density at radius 2 is 2.21 bits per heavy atom. The molecule has 0 heterocycles. The second kappa shape index (κ2) is 4.84. The van der Waals surface area contributed by atoms with E-state index in [-0.39, 0.29) is 0 Å². The first-order chi connectivity index (χ1) is 6.74. The maximum atomic E-state index is 10.8. The minimum Gasteiger partial charge on any atom is -0.288 e. The number of aryl methyl sites for hydroxylation is 1. The number of nitrogens with zero attached hydrogens (tertiary/aromatic N) is 3. The van der Waals surface area contributed by atoms with Crippen LogP contribution in [0, 0.1) is 6.92 Å². The van der Waals surface area contributed by atoms with Crippen LogP contribution in [0.4, 0.5) is 0 Å². The number of rotatable bonds is 2. The molecule has 0 aromatic heterocycles. The predicted molar refractivity (Wildman–Crippen MR) is 54.4 cm³/mol.